The van der Waals surface area contributed by atoms with Crippen molar-refractivity contribution in [1.82, 2.24) is 4.98 Å². The van der Waals surface area contributed by atoms with Crippen molar-refractivity contribution in [1.29, 1.82) is 0 Å². The first-order valence-corrected chi connectivity index (χ1v) is 7.44. The lowest BCUT2D eigenvalue weighted by Gasteiger charge is -2.07. The Balaban J connectivity index is 2.26. The number of pyridine rings is 1. The third kappa shape index (κ3) is 6.63. The molecule has 102 valence electrons. The summed E-state index contributed by atoms with van der Waals surface area (Å²) in [6.07, 6.45) is 11.7. The zero-order valence-corrected chi connectivity index (χ0v) is 12.0. The molecule has 0 saturated heterocycles. The van der Waals surface area contributed by atoms with Gasteiger partial charge >= 0.3 is 0 Å². The second-order valence-electron chi connectivity index (χ2n) is 4.85. The van der Waals surface area contributed by atoms with Gasteiger partial charge in [0, 0.05) is 18.0 Å². The lowest BCUT2D eigenvalue weighted by molar-refractivity contribution is 0.304. The van der Waals surface area contributed by atoms with Gasteiger partial charge in [-0.2, -0.15) is 0 Å². The van der Waals surface area contributed by atoms with Crippen molar-refractivity contribution in [2.75, 3.05) is 6.61 Å². The quantitative estimate of drug-likeness (QED) is 0.557. The summed E-state index contributed by atoms with van der Waals surface area (Å²) in [5.74, 6) is 0.980. The Morgan fingerprint density at radius 1 is 1.00 bits per heavy atom. The van der Waals surface area contributed by atoms with Crippen molar-refractivity contribution in [2.45, 2.75) is 65.2 Å². The number of unbranched alkanes of at least 4 members (excludes halogenated alkanes) is 5. The van der Waals surface area contributed by atoms with Crippen LogP contribution in [-0.2, 0) is 6.42 Å². The highest BCUT2D eigenvalue weighted by atomic mass is 16.5. The molecule has 2 nitrogen and oxygen atoms in total. The van der Waals surface area contributed by atoms with Crippen LogP contribution in [0.25, 0.3) is 0 Å². The summed E-state index contributed by atoms with van der Waals surface area (Å²) in [5, 5.41) is 0. The van der Waals surface area contributed by atoms with Crippen LogP contribution < -0.4 is 4.74 Å². The van der Waals surface area contributed by atoms with Crippen LogP contribution in [0.2, 0.25) is 0 Å². The summed E-state index contributed by atoms with van der Waals surface area (Å²) < 4.78 is 5.76. The number of hydrogen-bond donors (Lipinski definition) is 0. The van der Waals surface area contributed by atoms with Crippen molar-refractivity contribution in [2.24, 2.45) is 0 Å². The Bertz CT molecular complexity index is 312. The van der Waals surface area contributed by atoms with E-state index in [1.165, 1.54) is 38.5 Å². The van der Waals surface area contributed by atoms with Crippen molar-refractivity contribution in [3.8, 4) is 5.75 Å². The molecule has 0 aliphatic rings. The van der Waals surface area contributed by atoms with Crippen molar-refractivity contribution in [3.63, 3.8) is 0 Å². The Hall–Kier alpha value is -1.05. The van der Waals surface area contributed by atoms with Gasteiger partial charge in [-0.1, -0.05) is 46.0 Å². The van der Waals surface area contributed by atoms with Gasteiger partial charge in [-0.15, -0.1) is 0 Å². The zero-order valence-electron chi connectivity index (χ0n) is 12.0. The third-order valence-electron chi connectivity index (χ3n) is 3.09. The van der Waals surface area contributed by atoms with Gasteiger partial charge in [0.15, 0.2) is 0 Å². The number of aromatic nitrogens is 1. The molecule has 0 aromatic carbocycles. The number of rotatable bonds is 10. The Labute approximate surface area is 112 Å². The van der Waals surface area contributed by atoms with Crippen LogP contribution in [0.3, 0.4) is 0 Å². The van der Waals surface area contributed by atoms with Gasteiger partial charge < -0.3 is 4.74 Å². The Morgan fingerprint density at radius 2 is 1.78 bits per heavy atom. The van der Waals surface area contributed by atoms with Crippen LogP contribution in [0, 0.1) is 0 Å². The predicted octanol–water partition coefficient (Wildman–Crippen LogP) is 4.77. The van der Waals surface area contributed by atoms with Gasteiger partial charge in [-0.3, -0.25) is 4.98 Å². The molecule has 0 N–H and O–H groups in total. The van der Waals surface area contributed by atoms with Crippen LogP contribution >= 0.6 is 0 Å². The molecule has 1 rings (SSSR count). The Kier molecular flexibility index (Phi) is 8.28. The van der Waals surface area contributed by atoms with E-state index in [0.29, 0.717) is 0 Å². The summed E-state index contributed by atoms with van der Waals surface area (Å²) in [6, 6.07) is 4.05. The largest absolute Gasteiger partial charge is 0.493 e. The SMILES string of the molecule is CCCCCCOc1ccnc(CCCCC)c1. The number of hydrogen-bond acceptors (Lipinski definition) is 2. The van der Waals surface area contributed by atoms with E-state index in [-0.39, 0.29) is 0 Å². The van der Waals surface area contributed by atoms with E-state index in [2.05, 4.69) is 24.9 Å². The van der Waals surface area contributed by atoms with E-state index in [9.17, 15) is 0 Å². The minimum Gasteiger partial charge on any atom is -0.493 e. The lowest BCUT2D eigenvalue weighted by Crippen LogP contribution is -1.99. The first kappa shape index (κ1) is 15.0. The molecule has 0 spiro atoms. The maximum absolute atomic E-state index is 5.76. The fraction of sp³-hybridized carbons (Fsp3) is 0.688. The highest BCUT2D eigenvalue weighted by Crippen LogP contribution is 2.14. The van der Waals surface area contributed by atoms with E-state index >= 15 is 0 Å². The van der Waals surface area contributed by atoms with Crippen molar-refractivity contribution >= 4 is 0 Å². The van der Waals surface area contributed by atoms with Gasteiger partial charge in [0.1, 0.15) is 5.75 Å². The average molecular weight is 249 g/mol. The highest BCUT2D eigenvalue weighted by molar-refractivity contribution is 5.22. The first-order valence-electron chi connectivity index (χ1n) is 7.44. The predicted molar refractivity (Wildman–Crippen MR) is 77.1 cm³/mol. The number of nitrogens with zero attached hydrogens (tertiary/aromatic N) is 1. The summed E-state index contributed by atoms with van der Waals surface area (Å²) in [4.78, 5) is 4.39. The minimum atomic E-state index is 0.832. The second-order valence-corrected chi connectivity index (χ2v) is 4.85. The van der Waals surface area contributed by atoms with Gasteiger partial charge in [-0.05, 0) is 25.3 Å². The molecule has 0 atom stereocenters. The number of aryl methyl sites for hydroxylation is 1. The van der Waals surface area contributed by atoms with E-state index in [1.807, 2.05) is 12.3 Å². The zero-order chi connectivity index (χ0) is 13.1. The molecular formula is C16H27NO. The fourth-order valence-electron chi connectivity index (χ4n) is 1.96. The fourth-order valence-corrected chi connectivity index (χ4v) is 1.96. The molecule has 0 aliphatic carbocycles. The first-order chi connectivity index (χ1) is 8.86. The summed E-state index contributed by atoms with van der Waals surface area (Å²) in [5.41, 5.74) is 1.16. The Morgan fingerprint density at radius 3 is 2.56 bits per heavy atom. The topological polar surface area (TPSA) is 22.1 Å². The standard InChI is InChI=1S/C16H27NO/c1-3-5-7-9-13-18-16-11-12-17-15(14-16)10-8-6-4-2/h11-12,14H,3-10,13H2,1-2H3. The summed E-state index contributed by atoms with van der Waals surface area (Å²) in [7, 11) is 0. The molecule has 1 heterocycles. The van der Waals surface area contributed by atoms with Gasteiger partial charge in [0.2, 0.25) is 0 Å². The summed E-state index contributed by atoms with van der Waals surface area (Å²) in [6.45, 7) is 5.29. The van der Waals surface area contributed by atoms with E-state index in [4.69, 9.17) is 4.74 Å². The molecule has 1 aromatic rings. The van der Waals surface area contributed by atoms with Crippen LogP contribution in [0.4, 0.5) is 0 Å². The molecule has 0 unspecified atom stereocenters. The van der Waals surface area contributed by atoms with E-state index in [1.54, 1.807) is 0 Å². The number of ether oxygens (including phenoxy) is 1. The van der Waals surface area contributed by atoms with Crippen molar-refractivity contribution < 1.29 is 4.74 Å². The second kappa shape index (κ2) is 9.93. The molecular weight excluding hydrogens is 222 g/mol. The molecule has 0 radical (unpaired) electrons. The summed E-state index contributed by atoms with van der Waals surface area (Å²) >= 11 is 0. The van der Waals surface area contributed by atoms with Crippen LogP contribution in [-0.4, -0.2) is 11.6 Å². The van der Waals surface area contributed by atoms with Gasteiger partial charge in [0.05, 0.1) is 6.61 Å². The normalized spacial score (nSPS) is 10.6. The van der Waals surface area contributed by atoms with E-state index < -0.39 is 0 Å². The van der Waals surface area contributed by atoms with Crippen LogP contribution in [0.1, 0.15) is 64.5 Å². The minimum absolute atomic E-state index is 0.832. The average Bonchev–Trinajstić information content (AvgIpc) is 2.39. The maximum Gasteiger partial charge on any atom is 0.122 e. The smallest absolute Gasteiger partial charge is 0.122 e. The van der Waals surface area contributed by atoms with Crippen LogP contribution in [0.15, 0.2) is 18.3 Å². The molecule has 0 fully saturated rings. The van der Waals surface area contributed by atoms with Crippen molar-refractivity contribution in [3.05, 3.63) is 24.0 Å². The van der Waals surface area contributed by atoms with Crippen LogP contribution in [0.5, 0.6) is 5.75 Å². The molecule has 2 heteroatoms. The van der Waals surface area contributed by atoms with Gasteiger partial charge in [-0.25, -0.2) is 0 Å². The molecule has 0 aliphatic heterocycles. The lowest BCUT2D eigenvalue weighted by atomic mass is 10.1. The molecule has 0 amide bonds. The monoisotopic (exact) mass is 249 g/mol. The van der Waals surface area contributed by atoms with E-state index in [0.717, 1.165) is 30.9 Å². The highest BCUT2D eigenvalue weighted by Gasteiger charge is 1.98. The maximum atomic E-state index is 5.76. The molecule has 0 bridgehead atoms. The molecule has 0 saturated carbocycles. The molecule has 1 aromatic heterocycles. The van der Waals surface area contributed by atoms with Gasteiger partial charge in [0.25, 0.3) is 0 Å². The molecule has 18 heavy (non-hydrogen) atoms. The third-order valence-corrected chi connectivity index (χ3v) is 3.09.